The van der Waals surface area contributed by atoms with Crippen molar-refractivity contribution in [2.75, 3.05) is 0 Å². The van der Waals surface area contributed by atoms with E-state index in [1.165, 1.54) is 20.0 Å². The van der Waals surface area contributed by atoms with E-state index < -0.39 is 0 Å². The summed E-state index contributed by atoms with van der Waals surface area (Å²) in [4.78, 5) is 0. The minimum atomic E-state index is 0. The van der Waals surface area contributed by atoms with Crippen LogP contribution < -0.4 is 45.2 Å². The highest BCUT2D eigenvalue weighted by molar-refractivity contribution is 5.14. The van der Waals surface area contributed by atoms with E-state index in [-0.39, 0.29) is 45.2 Å². The van der Waals surface area contributed by atoms with Gasteiger partial charge < -0.3 is 24.0 Å². The van der Waals surface area contributed by atoms with Crippen molar-refractivity contribution >= 4 is 0 Å². The zero-order valence-corrected chi connectivity index (χ0v) is 13.3. The second-order valence-electron chi connectivity index (χ2n) is 3.43. The number of hydrogen-bond donors (Lipinski definition) is 0. The van der Waals surface area contributed by atoms with Crippen molar-refractivity contribution in [1.82, 2.24) is 0 Å². The van der Waals surface area contributed by atoms with E-state index in [0.717, 1.165) is 0 Å². The van der Waals surface area contributed by atoms with Crippen LogP contribution in [-0.2, 0) is 8.86 Å². The first-order valence-electron chi connectivity index (χ1n) is 5.06. The van der Waals surface area contributed by atoms with Crippen molar-refractivity contribution in [3.05, 3.63) is 71.8 Å². The molecule has 0 aliphatic heterocycles. The molecule has 0 saturated carbocycles. The van der Waals surface area contributed by atoms with Gasteiger partial charge in [-0.2, -0.15) is 0 Å². The molecule has 2 rings (SSSR count). The molecule has 0 bridgehead atoms. The van der Waals surface area contributed by atoms with Crippen LogP contribution in [-0.4, -0.2) is 0 Å². The van der Waals surface area contributed by atoms with Crippen molar-refractivity contribution in [2.45, 2.75) is 8.86 Å². The van der Waals surface area contributed by atoms with Crippen molar-refractivity contribution in [1.29, 1.82) is 0 Å². The number of alkyl halides is 2. The Morgan fingerprint density at radius 3 is 1.38 bits per heavy atom. The lowest BCUT2D eigenvalue weighted by Gasteiger charge is -1.91. The second kappa shape index (κ2) is 8.06. The van der Waals surface area contributed by atoms with Crippen molar-refractivity contribution in [3.8, 4) is 0 Å². The first-order chi connectivity index (χ1) is 7.45. The maximum atomic E-state index is 2.23. The third-order valence-electron chi connectivity index (χ3n) is 2.18. The Bertz CT molecular complexity index is 344. The second-order valence-corrected chi connectivity index (χ2v) is 6.03. The summed E-state index contributed by atoms with van der Waals surface area (Å²) in [6.45, 7) is 0. The van der Waals surface area contributed by atoms with Gasteiger partial charge in [0, 0.05) is 0 Å². The Morgan fingerprint density at radius 1 is 0.625 bits per heavy atom. The van der Waals surface area contributed by atoms with Gasteiger partial charge in [0.05, 0.1) is 0 Å². The van der Waals surface area contributed by atoms with Gasteiger partial charge in [-0.3, -0.25) is 0 Å². The molecule has 0 fully saturated rings. The fourth-order valence-electron chi connectivity index (χ4n) is 1.40. The minimum absolute atomic E-state index is 0. The smallest absolute Gasteiger partial charge is 0.278 e. The zero-order chi connectivity index (χ0) is 10.3. The summed E-state index contributed by atoms with van der Waals surface area (Å²) >= 11 is 0.268. The molecule has 0 spiro atoms. The molecule has 0 amide bonds. The van der Waals surface area contributed by atoms with Crippen LogP contribution >= 0.6 is 0 Å². The van der Waals surface area contributed by atoms with Crippen LogP contribution in [0.1, 0.15) is 11.1 Å². The lowest BCUT2D eigenvalue weighted by Crippen LogP contribution is -3.61. The molecular formula is C14H14I2. The SMILES string of the molecule is [I-].c1ccc(C[I+]Cc2ccccc2)cc1. The Labute approximate surface area is 125 Å². The van der Waals surface area contributed by atoms with E-state index in [1.807, 2.05) is 0 Å². The van der Waals surface area contributed by atoms with Gasteiger partial charge in [0.25, 0.3) is 21.2 Å². The zero-order valence-electron chi connectivity index (χ0n) is 8.94. The van der Waals surface area contributed by atoms with Gasteiger partial charge >= 0.3 is 0 Å². The van der Waals surface area contributed by atoms with E-state index in [2.05, 4.69) is 60.7 Å². The predicted octanol–water partition coefficient (Wildman–Crippen LogP) is -2.52. The van der Waals surface area contributed by atoms with Crippen LogP contribution in [0.5, 0.6) is 0 Å². The first-order valence-corrected chi connectivity index (χ1v) is 8.11. The van der Waals surface area contributed by atoms with Crippen LogP contribution in [0.15, 0.2) is 60.7 Å². The highest BCUT2D eigenvalue weighted by Gasteiger charge is 2.08. The van der Waals surface area contributed by atoms with E-state index >= 15 is 0 Å². The average Bonchev–Trinajstić information content (AvgIpc) is 2.32. The highest BCUT2D eigenvalue weighted by atomic mass is 127. The largest absolute Gasteiger partial charge is 1.00 e. The molecule has 0 aromatic heterocycles. The molecule has 0 aliphatic carbocycles. The van der Waals surface area contributed by atoms with Crippen LogP contribution in [0.4, 0.5) is 0 Å². The fraction of sp³-hybridized carbons (Fsp3) is 0.143. The molecule has 16 heavy (non-hydrogen) atoms. The molecule has 0 radical (unpaired) electrons. The van der Waals surface area contributed by atoms with E-state index in [0.29, 0.717) is 0 Å². The summed E-state index contributed by atoms with van der Waals surface area (Å²) < 4.78 is 2.57. The Morgan fingerprint density at radius 2 is 1.00 bits per heavy atom. The number of halogens is 2. The minimum Gasteiger partial charge on any atom is -1.00 e. The maximum Gasteiger partial charge on any atom is 0.278 e. The van der Waals surface area contributed by atoms with Crippen molar-refractivity contribution < 1.29 is 45.2 Å². The van der Waals surface area contributed by atoms with Crippen LogP contribution in [0.25, 0.3) is 0 Å². The van der Waals surface area contributed by atoms with Crippen LogP contribution in [0.2, 0.25) is 0 Å². The number of benzene rings is 2. The predicted molar refractivity (Wildman–Crippen MR) is 60.3 cm³/mol. The molecule has 0 saturated heterocycles. The summed E-state index contributed by atoms with van der Waals surface area (Å²) in [6.07, 6.45) is 0. The molecule has 0 heterocycles. The molecule has 0 N–H and O–H groups in total. The van der Waals surface area contributed by atoms with E-state index in [4.69, 9.17) is 0 Å². The topological polar surface area (TPSA) is 0 Å². The standard InChI is InChI=1S/C14H14I.HI/c1-3-7-13(8-4-1)11-15-12-14-9-5-2-6-10-14;/h1-10H,11-12H2;1H/q+1;/p-1. The van der Waals surface area contributed by atoms with E-state index in [9.17, 15) is 0 Å². The molecule has 0 unspecified atom stereocenters. The Hall–Kier alpha value is -0.100. The molecule has 2 aromatic carbocycles. The molecule has 2 heteroatoms. The fourth-order valence-corrected chi connectivity index (χ4v) is 3.93. The third kappa shape index (κ3) is 4.82. The van der Waals surface area contributed by atoms with Gasteiger partial charge in [-0.15, -0.1) is 0 Å². The van der Waals surface area contributed by atoms with Crippen LogP contribution in [0, 0.1) is 0 Å². The van der Waals surface area contributed by atoms with Crippen LogP contribution in [0.3, 0.4) is 0 Å². The summed E-state index contributed by atoms with van der Waals surface area (Å²) in [5.74, 6) is 0. The third-order valence-corrected chi connectivity index (χ3v) is 5.02. The first kappa shape index (κ1) is 14.0. The van der Waals surface area contributed by atoms with Gasteiger partial charge in [-0.05, 0) is 11.1 Å². The molecule has 0 nitrogen and oxygen atoms in total. The molecule has 0 atom stereocenters. The summed E-state index contributed by atoms with van der Waals surface area (Å²) in [6, 6.07) is 21.6. The van der Waals surface area contributed by atoms with Gasteiger partial charge in [0.2, 0.25) is 0 Å². The van der Waals surface area contributed by atoms with E-state index in [1.54, 1.807) is 0 Å². The number of rotatable bonds is 4. The highest BCUT2D eigenvalue weighted by Crippen LogP contribution is 1.95. The Kier molecular flexibility index (Phi) is 7.03. The summed E-state index contributed by atoms with van der Waals surface area (Å²) in [5, 5.41) is 0. The molecule has 0 aliphatic rings. The van der Waals surface area contributed by atoms with Gasteiger partial charge in [0.15, 0.2) is 8.86 Å². The number of hydrogen-bond acceptors (Lipinski definition) is 0. The maximum absolute atomic E-state index is 2.23. The molecular weight excluding hydrogens is 422 g/mol. The molecule has 2 aromatic rings. The molecule has 84 valence electrons. The summed E-state index contributed by atoms with van der Waals surface area (Å²) in [5.41, 5.74) is 2.97. The Balaban J connectivity index is 0.00000128. The quantitative estimate of drug-likeness (QED) is 0.367. The average molecular weight is 436 g/mol. The van der Waals surface area contributed by atoms with Crippen molar-refractivity contribution in [2.24, 2.45) is 0 Å². The lowest BCUT2D eigenvalue weighted by atomic mass is 10.2. The lowest BCUT2D eigenvalue weighted by molar-refractivity contribution is -0.686. The normalized spacial score (nSPS) is 9.50. The van der Waals surface area contributed by atoms with Gasteiger partial charge in [-0.1, -0.05) is 60.7 Å². The van der Waals surface area contributed by atoms with Crippen molar-refractivity contribution in [3.63, 3.8) is 0 Å². The van der Waals surface area contributed by atoms with Gasteiger partial charge in [0.1, 0.15) is 0 Å². The van der Waals surface area contributed by atoms with Gasteiger partial charge in [-0.25, -0.2) is 0 Å². The monoisotopic (exact) mass is 436 g/mol. The summed E-state index contributed by atoms with van der Waals surface area (Å²) in [7, 11) is 0.